The Morgan fingerprint density at radius 2 is 1.33 bits per heavy atom. The fourth-order valence-corrected chi connectivity index (χ4v) is 7.95. The molecule has 0 unspecified atom stereocenters. The van der Waals surface area contributed by atoms with Crippen LogP contribution in [-0.4, -0.2) is 4.98 Å². The van der Waals surface area contributed by atoms with Crippen LogP contribution in [0.4, 0.5) is 17.4 Å². The first-order valence-corrected chi connectivity index (χ1v) is 15.1. The first-order valence-electron chi connectivity index (χ1n) is 14.3. The third kappa shape index (κ3) is 3.30. The van der Waals surface area contributed by atoms with E-state index in [-0.39, 0.29) is 5.41 Å². The van der Waals surface area contributed by atoms with Gasteiger partial charge in [-0.3, -0.25) is 4.90 Å². The molecule has 0 spiro atoms. The average molecular weight is 559 g/mol. The predicted octanol–water partition coefficient (Wildman–Crippen LogP) is 11.1. The highest BCUT2D eigenvalue weighted by Gasteiger charge is 2.35. The number of thiophene rings is 1. The second kappa shape index (κ2) is 8.54. The quantitative estimate of drug-likeness (QED) is 0.216. The normalized spacial score (nSPS) is 13.7. The molecule has 0 aliphatic heterocycles. The molecule has 200 valence electrons. The lowest BCUT2D eigenvalue weighted by atomic mass is 9.82. The molecule has 9 rings (SSSR count). The highest BCUT2D eigenvalue weighted by Crippen LogP contribution is 2.51. The zero-order chi connectivity index (χ0) is 28.0. The summed E-state index contributed by atoms with van der Waals surface area (Å²) < 4.78 is 9.21. The van der Waals surface area contributed by atoms with Crippen molar-refractivity contribution < 1.29 is 4.42 Å². The fourth-order valence-electron chi connectivity index (χ4n) is 6.81. The van der Waals surface area contributed by atoms with Gasteiger partial charge in [-0.05, 0) is 64.0 Å². The van der Waals surface area contributed by atoms with Crippen LogP contribution in [0, 0.1) is 0 Å². The second-order valence-corrected chi connectivity index (χ2v) is 12.7. The van der Waals surface area contributed by atoms with Crippen molar-refractivity contribution in [3.8, 4) is 11.1 Å². The average Bonchev–Trinajstić information content (AvgIpc) is 3.68. The maximum absolute atomic E-state index is 6.67. The standard InChI is InChI=1S/C38H26N2OS/c1-38(2)31-13-7-5-11-27(31)30-21-24(17-19-32(30)38)40(25-16-18-29-28-12-6-8-14-34(28)42-35(29)22-25)37-39-33-20-15-23-9-3-4-10-26(23)36(33)41-37/h3-22H,1-2H3. The van der Waals surface area contributed by atoms with Crippen LogP contribution in [0.1, 0.15) is 25.0 Å². The number of oxazole rings is 1. The summed E-state index contributed by atoms with van der Waals surface area (Å²) in [6.07, 6.45) is 0. The fraction of sp³-hybridized carbons (Fsp3) is 0.0789. The number of benzene rings is 6. The summed E-state index contributed by atoms with van der Waals surface area (Å²) in [4.78, 5) is 7.24. The lowest BCUT2D eigenvalue weighted by molar-refractivity contribution is 0.611. The lowest BCUT2D eigenvalue weighted by Crippen LogP contribution is -2.15. The number of anilines is 3. The molecule has 2 aromatic heterocycles. The lowest BCUT2D eigenvalue weighted by Gasteiger charge is -2.24. The van der Waals surface area contributed by atoms with Gasteiger partial charge in [-0.25, -0.2) is 0 Å². The first kappa shape index (κ1) is 23.7. The van der Waals surface area contributed by atoms with Crippen molar-refractivity contribution >= 4 is 70.8 Å². The largest absolute Gasteiger partial charge is 0.422 e. The topological polar surface area (TPSA) is 29.3 Å². The van der Waals surface area contributed by atoms with Crippen molar-refractivity contribution in [2.45, 2.75) is 19.3 Å². The number of hydrogen-bond donors (Lipinski definition) is 0. The molecule has 0 saturated heterocycles. The Kier molecular flexibility index (Phi) is 4.83. The van der Waals surface area contributed by atoms with Crippen LogP contribution in [0.5, 0.6) is 0 Å². The van der Waals surface area contributed by atoms with Gasteiger partial charge in [-0.15, -0.1) is 11.3 Å². The minimum Gasteiger partial charge on any atom is -0.422 e. The van der Waals surface area contributed by atoms with Gasteiger partial charge < -0.3 is 4.42 Å². The molecule has 6 aromatic carbocycles. The third-order valence-corrected chi connectivity index (χ3v) is 10.0. The molecule has 1 aliphatic rings. The summed E-state index contributed by atoms with van der Waals surface area (Å²) in [6.45, 7) is 4.63. The summed E-state index contributed by atoms with van der Waals surface area (Å²) in [6, 6.07) is 44.0. The van der Waals surface area contributed by atoms with Crippen molar-refractivity contribution in [1.29, 1.82) is 0 Å². The van der Waals surface area contributed by atoms with Crippen LogP contribution < -0.4 is 4.90 Å². The Morgan fingerprint density at radius 3 is 2.26 bits per heavy atom. The molecule has 0 atom stereocenters. The Balaban J connectivity index is 1.30. The van der Waals surface area contributed by atoms with Crippen molar-refractivity contribution in [3.05, 3.63) is 132 Å². The van der Waals surface area contributed by atoms with Crippen LogP contribution in [-0.2, 0) is 5.41 Å². The van der Waals surface area contributed by atoms with Crippen LogP contribution >= 0.6 is 11.3 Å². The van der Waals surface area contributed by atoms with Crippen molar-refractivity contribution in [2.24, 2.45) is 0 Å². The maximum atomic E-state index is 6.67. The highest BCUT2D eigenvalue weighted by molar-refractivity contribution is 7.25. The Morgan fingerprint density at radius 1 is 0.619 bits per heavy atom. The highest BCUT2D eigenvalue weighted by atomic mass is 32.1. The molecule has 42 heavy (non-hydrogen) atoms. The van der Waals surface area contributed by atoms with E-state index in [1.54, 1.807) is 0 Å². The molecule has 3 nitrogen and oxygen atoms in total. The van der Waals surface area contributed by atoms with E-state index in [0.29, 0.717) is 6.01 Å². The zero-order valence-corrected chi connectivity index (χ0v) is 24.1. The molecular formula is C38H26N2OS. The zero-order valence-electron chi connectivity index (χ0n) is 23.3. The minimum absolute atomic E-state index is 0.0538. The van der Waals surface area contributed by atoms with E-state index < -0.39 is 0 Å². The van der Waals surface area contributed by atoms with Gasteiger partial charge in [0, 0.05) is 31.0 Å². The molecule has 0 N–H and O–H groups in total. The van der Waals surface area contributed by atoms with E-state index in [1.165, 1.54) is 42.4 Å². The number of fused-ring (bicyclic) bond motifs is 9. The van der Waals surface area contributed by atoms with Gasteiger partial charge in [0.2, 0.25) is 0 Å². The van der Waals surface area contributed by atoms with Crippen LogP contribution in [0.3, 0.4) is 0 Å². The van der Waals surface area contributed by atoms with Gasteiger partial charge >= 0.3 is 6.01 Å². The first-order chi connectivity index (χ1) is 20.6. The molecule has 2 heterocycles. The third-order valence-electron chi connectivity index (χ3n) is 8.91. The molecular weight excluding hydrogens is 532 g/mol. The number of rotatable bonds is 3. The van der Waals surface area contributed by atoms with Gasteiger partial charge in [0.25, 0.3) is 0 Å². The van der Waals surface area contributed by atoms with Gasteiger partial charge in [-0.2, -0.15) is 4.98 Å². The predicted molar refractivity (Wildman–Crippen MR) is 177 cm³/mol. The maximum Gasteiger partial charge on any atom is 0.307 e. The number of hydrogen-bond acceptors (Lipinski definition) is 4. The van der Waals surface area contributed by atoms with Crippen molar-refractivity contribution in [1.82, 2.24) is 4.98 Å². The Hall–Kier alpha value is -4.93. The Labute approximate surface area is 247 Å². The van der Waals surface area contributed by atoms with E-state index >= 15 is 0 Å². The van der Waals surface area contributed by atoms with E-state index in [4.69, 9.17) is 9.40 Å². The molecule has 8 aromatic rings. The van der Waals surface area contributed by atoms with Gasteiger partial charge in [0.1, 0.15) is 5.52 Å². The SMILES string of the molecule is CC1(C)c2ccccc2-c2cc(N(c3ccc4c(c3)sc3ccccc34)c3nc4ccc5ccccc5c4o3)ccc21. The van der Waals surface area contributed by atoms with Crippen LogP contribution in [0.15, 0.2) is 126 Å². The number of aromatic nitrogens is 1. The summed E-state index contributed by atoms with van der Waals surface area (Å²) in [7, 11) is 0. The summed E-state index contributed by atoms with van der Waals surface area (Å²) >= 11 is 1.82. The summed E-state index contributed by atoms with van der Waals surface area (Å²) in [5.74, 6) is 0. The minimum atomic E-state index is -0.0538. The van der Waals surface area contributed by atoms with Crippen LogP contribution in [0.2, 0.25) is 0 Å². The van der Waals surface area contributed by atoms with E-state index in [9.17, 15) is 0 Å². The number of nitrogens with zero attached hydrogens (tertiary/aromatic N) is 2. The second-order valence-electron chi connectivity index (χ2n) is 11.6. The molecule has 0 bridgehead atoms. The van der Waals surface area contributed by atoms with Gasteiger partial charge in [-0.1, -0.05) is 98.8 Å². The monoisotopic (exact) mass is 558 g/mol. The molecule has 0 fully saturated rings. The molecule has 4 heteroatoms. The molecule has 1 aliphatic carbocycles. The molecule has 0 saturated carbocycles. The molecule has 0 amide bonds. The van der Waals surface area contributed by atoms with Crippen molar-refractivity contribution in [3.63, 3.8) is 0 Å². The van der Waals surface area contributed by atoms with Crippen LogP contribution in [0.25, 0.3) is 53.2 Å². The Bertz CT molecular complexity index is 2360. The van der Waals surface area contributed by atoms with Gasteiger partial charge in [0.05, 0.1) is 11.4 Å². The van der Waals surface area contributed by atoms with E-state index in [2.05, 4.69) is 140 Å². The van der Waals surface area contributed by atoms with E-state index in [1.807, 2.05) is 11.3 Å². The smallest absolute Gasteiger partial charge is 0.307 e. The summed E-state index contributed by atoms with van der Waals surface area (Å²) in [5.41, 5.74) is 8.92. The molecule has 0 radical (unpaired) electrons. The summed E-state index contributed by atoms with van der Waals surface area (Å²) in [5, 5.41) is 4.77. The van der Waals surface area contributed by atoms with E-state index in [0.717, 1.165) is 33.2 Å². The van der Waals surface area contributed by atoms with Crippen molar-refractivity contribution in [2.75, 3.05) is 4.90 Å². The van der Waals surface area contributed by atoms with Gasteiger partial charge in [0.15, 0.2) is 5.58 Å².